The highest BCUT2D eigenvalue weighted by Crippen LogP contribution is 2.54. The number of hydrogen-bond acceptors (Lipinski definition) is 3. The lowest BCUT2D eigenvalue weighted by atomic mass is 9.59. The van der Waals surface area contributed by atoms with E-state index in [1.165, 1.54) is 0 Å². The van der Waals surface area contributed by atoms with Crippen LogP contribution in [-0.4, -0.2) is 19.9 Å². The molecular weight excluding hydrogens is 568 g/mol. The number of rotatable bonds is 3. The van der Waals surface area contributed by atoms with E-state index < -0.39 is 20.2 Å². The van der Waals surface area contributed by atoms with E-state index >= 15 is 0 Å². The lowest BCUT2D eigenvalue weighted by Gasteiger charge is -2.48. The van der Waals surface area contributed by atoms with Gasteiger partial charge in [-0.3, -0.25) is 9.59 Å². The van der Waals surface area contributed by atoms with Gasteiger partial charge in [0.25, 0.3) is 0 Å². The van der Waals surface area contributed by atoms with Crippen molar-refractivity contribution in [3.63, 3.8) is 0 Å². The first kappa shape index (κ1) is 26.1. The number of carbonyl (C=O) groups is 2. The fourth-order valence-electron chi connectivity index (χ4n) is 7.57. The van der Waals surface area contributed by atoms with Crippen molar-refractivity contribution in [1.82, 2.24) is 0 Å². The van der Waals surface area contributed by atoms with Crippen LogP contribution in [-0.2, 0) is 4.43 Å². The molecule has 0 spiro atoms. The molecule has 3 aliphatic rings. The molecule has 5 aromatic rings. The molecular formula is C38H27ClO3Si. The predicted molar refractivity (Wildman–Crippen MR) is 173 cm³/mol. The molecule has 0 aromatic heterocycles. The average Bonchev–Trinajstić information content (AvgIpc) is 3.07. The molecule has 8 rings (SSSR count). The fourth-order valence-corrected chi connectivity index (χ4v) is 11.8. The number of benzene rings is 5. The summed E-state index contributed by atoms with van der Waals surface area (Å²) in [6.07, 6.45) is 0.516. The second-order valence-electron chi connectivity index (χ2n) is 11.5. The summed E-state index contributed by atoms with van der Waals surface area (Å²) in [4.78, 5) is 28.9. The number of ketones is 2. The second kappa shape index (κ2) is 10.0. The first-order valence-corrected chi connectivity index (χ1v) is 16.9. The molecule has 0 fully saturated rings. The zero-order chi connectivity index (χ0) is 29.1. The van der Waals surface area contributed by atoms with Crippen LogP contribution in [0.2, 0.25) is 5.02 Å². The minimum atomic E-state index is -3.05. The van der Waals surface area contributed by atoms with Crippen LogP contribution >= 0.6 is 11.6 Å². The van der Waals surface area contributed by atoms with Gasteiger partial charge in [-0.05, 0) is 38.8 Å². The van der Waals surface area contributed by atoms with Crippen molar-refractivity contribution in [1.29, 1.82) is 0 Å². The molecule has 0 radical (unpaired) electrons. The molecule has 0 amide bonds. The first-order chi connectivity index (χ1) is 21.1. The summed E-state index contributed by atoms with van der Waals surface area (Å²) in [6.45, 7) is 0. The van der Waals surface area contributed by atoms with Crippen molar-refractivity contribution in [3.8, 4) is 0 Å². The molecule has 3 nitrogen and oxygen atoms in total. The molecule has 5 aromatic carbocycles. The molecule has 208 valence electrons. The molecule has 1 aliphatic heterocycles. The van der Waals surface area contributed by atoms with Gasteiger partial charge in [0.15, 0.2) is 11.6 Å². The third kappa shape index (κ3) is 3.87. The van der Waals surface area contributed by atoms with E-state index in [9.17, 15) is 9.59 Å². The average molecular weight is 595 g/mol. The van der Waals surface area contributed by atoms with Gasteiger partial charge in [0.1, 0.15) is 0 Å². The Labute approximate surface area is 256 Å². The van der Waals surface area contributed by atoms with Gasteiger partial charge in [0.05, 0.1) is 11.7 Å². The molecule has 0 saturated heterocycles. The smallest absolute Gasteiger partial charge is 0.347 e. The summed E-state index contributed by atoms with van der Waals surface area (Å²) < 4.78 is 7.50. The lowest BCUT2D eigenvalue weighted by molar-refractivity contribution is 0.0732. The summed E-state index contributed by atoms with van der Waals surface area (Å²) in [7, 11) is -3.05. The predicted octanol–water partition coefficient (Wildman–Crippen LogP) is 6.55. The Balaban J connectivity index is 1.42. The second-order valence-corrected chi connectivity index (χ2v) is 15.2. The summed E-state index contributed by atoms with van der Waals surface area (Å²) in [5.41, 5.74) is 3.89. The van der Waals surface area contributed by atoms with E-state index in [0.29, 0.717) is 22.6 Å². The Morgan fingerprint density at radius 3 is 1.77 bits per heavy atom. The Morgan fingerprint density at radius 1 is 0.605 bits per heavy atom. The molecule has 43 heavy (non-hydrogen) atoms. The molecule has 0 unspecified atom stereocenters. The molecule has 0 bridgehead atoms. The number of fused-ring (bicyclic) bond motifs is 5. The van der Waals surface area contributed by atoms with Gasteiger partial charge in [-0.15, -0.1) is 0 Å². The summed E-state index contributed by atoms with van der Waals surface area (Å²) in [6, 6.07) is 44.3. The Kier molecular flexibility index (Phi) is 6.11. The highest BCUT2D eigenvalue weighted by atomic mass is 35.5. The monoisotopic (exact) mass is 594 g/mol. The zero-order valence-corrected chi connectivity index (χ0v) is 25.0. The highest BCUT2D eigenvalue weighted by molar-refractivity contribution is 7.07. The minimum absolute atomic E-state index is 0.0154. The van der Waals surface area contributed by atoms with Crippen LogP contribution in [0.5, 0.6) is 0 Å². The van der Waals surface area contributed by atoms with Crippen LogP contribution < -0.4 is 15.6 Å². The molecule has 5 heteroatoms. The zero-order valence-electron chi connectivity index (χ0n) is 23.2. The Morgan fingerprint density at radius 2 is 1.14 bits per heavy atom. The van der Waals surface area contributed by atoms with Crippen molar-refractivity contribution in [3.05, 3.63) is 166 Å². The van der Waals surface area contributed by atoms with E-state index in [1.807, 2.05) is 54.6 Å². The molecule has 1 heterocycles. The van der Waals surface area contributed by atoms with Gasteiger partial charge >= 0.3 is 8.32 Å². The van der Waals surface area contributed by atoms with Gasteiger partial charge in [-0.1, -0.05) is 133 Å². The third-order valence-electron chi connectivity index (χ3n) is 9.38. The molecule has 0 saturated carbocycles. The van der Waals surface area contributed by atoms with E-state index in [4.69, 9.17) is 16.0 Å². The SMILES string of the molecule is O=C1c2ccccc2C(=O)[C@@H]2[C@H]1C1=C(C[C@@H]2c2ccc(Cl)cc2)O[Si](c2ccccc2)(c2ccccc2)c2ccccc21. The standard InChI is InChI=1S/C38H27ClO3Si/c39-25-21-19-24(20-22-25)31-23-32-34(36-35(31)37(40)28-15-7-8-16-29(28)38(36)41)30-17-9-10-18-33(30)43(42-32,26-11-3-1-4-12-26)27-13-5-2-6-14-27/h1-22,31,35-36H,23H2/t31-,35+,36-/m1/s1. The van der Waals surface area contributed by atoms with Gasteiger partial charge in [0, 0.05) is 40.0 Å². The number of halogens is 1. The Bertz CT molecular complexity index is 1890. The van der Waals surface area contributed by atoms with Crippen LogP contribution in [0.25, 0.3) is 5.57 Å². The quantitative estimate of drug-likeness (QED) is 0.223. The third-order valence-corrected chi connectivity index (χ3v) is 13.7. The number of Topliss-reactive ketones (excluding diaryl/α,β-unsaturated/α-hetero) is 2. The molecule has 3 atom stereocenters. The van der Waals surface area contributed by atoms with Crippen molar-refractivity contribution in [2.45, 2.75) is 12.3 Å². The summed E-state index contributed by atoms with van der Waals surface area (Å²) in [5.74, 6) is -0.606. The maximum atomic E-state index is 14.5. The van der Waals surface area contributed by atoms with E-state index in [0.717, 1.165) is 38.0 Å². The summed E-state index contributed by atoms with van der Waals surface area (Å²) >= 11 is 6.30. The van der Waals surface area contributed by atoms with E-state index in [1.54, 1.807) is 12.1 Å². The number of allylic oxidation sites excluding steroid dienone is 2. The molecule has 0 N–H and O–H groups in total. The highest BCUT2D eigenvalue weighted by Gasteiger charge is 2.57. The minimum Gasteiger partial charge on any atom is -0.533 e. The van der Waals surface area contributed by atoms with Crippen LogP contribution in [0, 0.1) is 11.8 Å². The fraction of sp³-hybridized carbons (Fsp3) is 0.105. The number of hydrogen-bond donors (Lipinski definition) is 0. The molecule has 2 aliphatic carbocycles. The lowest BCUT2D eigenvalue weighted by Crippen LogP contribution is -2.71. The Hall–Kier alpha value is -4.51. The number of carbonyl (C=O) groups excluding carboxylic acids is 2. The van der Waals surface area contributed by atoms with Gasteiger partial charge in [-0.2, -0.15) is 0 Å². The van der Waals surface area contributed by atoms with Crippen LogP contribution in [0.1, 0.15) is 44.2 Å². The van der Waals surface area contributed by atoms with Crippen molar-refractivity contribution in [2.24, 2.45) is 11.8 Å². The van der Waals surface area contributed by atoms with Gasteiger partial charge in [-0.25, -0.2) is 0 Å². The van der Waals surface area contributed by atoms with Gasteiger partial charge < -0.3 is 4.43 Å². The maximum absolute atomic E-state index is 14.5. The van der Waals surface area contributed by atoms with Crippen LogP contribution in [0.4, 0.5) is 0 Å². The van der Waals surface area contributed by atoms with Crippen LogP contribution in [0.3, 0.4) is 0 Å². The van der Waals surface area contributed by atoms with Crippen molar-refractivity contribution < 1.29 is 14.0 Å². The van der Waals surface area contributed by atoms with Gasteiger partial charge in [0.2, 0.25) is 0 Å². The van der Waals surface area contributed by atoms with E-state index in [2.05, 4.69) is 66.7 Å². The van der Waals surface area contributed by atoms with Crippen LogP contribution in [0.15, 0.2) is 139 Å². The normalized spacial score (nSPS) is 21.7. The maximum Gasteiger partial charge on any atom is 0.347 e. The first-order valence-electron chi connectivity index (χ1n) is 14.6. The van der Waals surface area contributed by atoms with E-state index in [-0.39, 0.29) is 17.5 Å². The summed E-state index contributed by atoms with van der Waals surface area (Å²) in [5, 5.41) is 4.02. The largest absolute Gasteiger partial charge is 0.533 e. The topological polar surface area (TPSA) is 43.4 Å². The van der Waals surface area contributed by atoms with Crippen molar-refractivity contribution in [2.75, 3.05) is 0 Å². The van der Waals surface area contributed by atoms with Crippen molar-refractivity contribution >= 4 is 52.6 Å².